The summed E-state index contributed by atoms with van der Waals surface area (Å²) in [7, 11) is 0. The van der Waals surface area contributed by atoms with Crippen LogP contribution in [0.4, 0.5) is 0 Å². The average molecular weight is 314 g/mol. The number of hydrogen-bond acceptors (Lipinski definition) is 6. The molecule has 0 fully saturated rings. The molecule has 0 unspecified atom stereocenters. The van der Waals surface area contributed by atoms with E-state index in [0.717, 1.165) is 6.42 Å². The van der Waals surface area contributed by atoms with Gasteiger partial charge in [-0.2, -0.15) is 0 Å². The standard InChI is InChI=1S/C16H14N2O5/c1-3-6-12-13(9(2)17-22-12)16(21)23-18-14(19)10-7-4-5-8-11(10)15(18)20/h4-5,7-8H,3,6H2,1-2H3. The van der Waals surface area contributed by atoms with Gasteiger partial charge in [0.25, 0.3) is 11.8 Å². The molecule has 1 aliphatic rings. The SMILES string of the molecule is CCCc1onc(C)c1C(=O)ON1C(=O)c2ccccc2C1=O. The third-order valence-electron chi connectivity index (χ3n) is 3.55. The summed E-state index contributed by atoms with van der Waals surface area (Å²) in [5.74, 6) is -1.77. The molecule has 7 heteroatoms. The normalized spacial score (nSPS) is 13.4. The Balaban J connectivity index is 1.86. The van der Waals surface area contributed by atoms with Gasteiger partial charge in [-0.05, 0) is 25.5 Å². The van der Waals surface area contributed by atoms with Crippen LogP contribution in [0.2, 0.25) is 0 Å². The van der Waals surface area contributed by atoms with Crippen LogP contribution in [0, 0.1) is 6.92 Å². The molecule has 1 aromatic heterocycles. The lowest BCUT2D eigenvalue weighted by molar-refractivity contribution is -0.0586. The van der Waals surface area contributed by atoms with Crippen LogP contribution < -0.4 is 0 Å². The number of carbonyl (C=O) groups is 3. The molecule has 0 bridgehead atoms. The van der Waals surface area contributed by atoms with E-state index in [2.05, 4.69) is 5.16 Å². The zero-order valence-electron chi connectivity index (χ0n) is 12.7. The molecule has 2 aromatic rings. The molecule has 7 nitrogen and oxygen atoms in total. The summed E-state index contributed by atoms with van der Waals surface area (Å²) in [6, 6.07) is 6.30. The maximum absolute atomic E-state index is 12.4. The number of imide groups is 1. The predicted molar refractivity (Wildman–Crippen MR) is 77.6 cm³/mol. The molecule has 0 aliphatic carbocycles. The van der Waals surface area contributed by atoms with E-state index in [1.165, 1.54) is 12.1 Å². The van der Waals surface area contributed by atoms with Crippen molar-refractivity contribution < 1.29 is 23.7 Å². The van der Waals surface area contributed by atoms with Crippen molar-refractivity contribution in [1.29, 1.82) is 0 Å². The maximum Gasteiger partial charge on any atom is 0.369 e. The smallest absolute Gasteiger partial charge is 0.360 e. The third kappa shape index (κ3) is 2.40. The highest BCUT2D eigenvalue weighted by Gasteiger charge is 2.39. The molecular formula is C16H14N2O5. The number of hydroxylamine groups is 2. The molecule has 23 heavy (non-hydrogen) atoms. The zero-order chi connectivity index (χ0) is 16.6. The topological polar surface area (TPSA) is 89.7 Å². The van der Waals surface area contributed by atoms with Gasteiger partial charge < -0.3 is 9.36 Å². The van der Waals surface area contributed by atoms with Crippen LogP contribution in [-0.2, 0) is 11.3 Å². The molecule has 2 amide bonds. The Morgan fingerprint density at radius 1 is 1.22 bits per heavy atom. The fourth-order valence-corrected chi connectivity index (χ4v) is 2.45. The number of hydrogen-bond donors (Lipinski definition) is 0. The van der Waals surface area contributed by atoms with E-state index >= 15 is 0 Å². The van der Waals surface area contributed by atoms with Gasteiger partial charge in [0.15, 0.2) is 5.76 Å². The van der Waals surface area contributed by atoms with Crippen molar-refractivity contribution in [2.24, 2.45) is 0 Å². The summed E-state index contributed by atoms with van der Waals surface area (Å²) in [4.78, 5) is 41.8. The number of fused-ring (bicyclic) bond motifs is 1. The Bertz CT molecular complexity index is 774. The Kier molecular flexibility index (Phi) is 3.69. The number of nitrogens with zero attached hydrogens (tertiary/aromatic N) is 2. The molecule has 0 spiro atoms. The first kappa shape index (κ1) is 15.0. The van der Waals surface area contributed by atoms with Crippen LogP contribution in [0.3, 0.4) is 0 Å². The van der Waals surface area contributed by atoms with Crippen molar-refractivity contribution in [3.05, 3.63) is 52.4 Å². The molecule has 0 atom stereocenters. The molecule has 118 valence electrons. The number of amides is 2. The molecule has 0 saturated carbocycles. The van der Waals surface area contributed by atoms with Crippen LogP contribution in [-0.4, -0.2) is 28.0 Å². The summed E-state index contributed by atoms with van der Waals surface area (Å²) in [5, 5.41) is 4.23. The van der Waals surface area contributed by atoms with E-state index in [-0.39, 0.29) is 16.7 Å². The number of aromatic nitrogens is 1. The van der Waals surface area contributed by atoms with Gasteiger partial charge >= 0.3 is 5.97 Å². The number of carbonyl (C=O) groups excluding carboxylic acids is 3. The first-order valence-corrected chi connectivity index (χ1v) is 7.19. The quantitative estimate of drug-likeness (QED) is 0.804. The number of aryl methyl sites for hydroxylation is 2. The Morgan fingerprint density at radius 2 is 1.83 bits per heavy atom. The van der Waals surface area contributed by atoms with Gasteiger partial charge in [-0.1, -0.05) is 29.3 Å². The highest BCUT2D eigenvalue weighted by atomic mass is 16.7. The highest BCUT2D eigenvalue weighted by molar-refractivity contribution is 6.21. The van der Waals surface area contributed by atoms with Gasteiger partial charge in [-0.3, -0.25) is 9.59 Å². The molecule has 0 N–H and O–H groups in total. The molecular weight excluding hydrogens is 300 g/mol. The summed E-state index contributed by atoms with van der Waals surface area (Å²) in [6.45, 7) is 3.53. The van der Waals surface area contributed by atoms with Gasteiger partial charge in [0.2, 0.25) is 0 Å². The van der Waals surface area contributed by atoms with Gasteiger partial charge in [-0.25, -0.2) is 4.79 Å². The van der Waals surface area contributed by atoms with Gasteiger partial charge in [0.05, 0.1) is 16.8 Å². The first-order chi connectivity index (χ1) is 11.0. The number of benzene rings is 1. The minimum atomic E-state index is -0.832. The van der Waals surface area contributed by atoms with Gasteiger partial charge in [0.1, 0.15) is 5.56 Å². The lowest BCUT2D eigenvalue weighted by atomic mass is 10.1. The second kappa shape index (κ2) is 5.68. The third-order valence-corrected chi connectivity index (χ3v) is 3.55. The molecule has 0 saturated heterocycles. The summed E-state index contributed by atoms with van der Waals surface area (Å²) in [5.41, 5.74) is 0.931. The van der Waals surface area contributed by atoms with Crippen molar-refractivity contribution in [1.82, 2.24) is 10.2 Å². The fraction of sp³-hybridized carbons (Fsp3) is 0.250. The monoisotopic (exact) mass is 314 g/mol. The molecule has 0 radical (unpaired) electrons. The minimum Gasteiger partial charge on any atom is -0.360 e. The lowest BCUT2D eigenvalue weighted by Gasteiger charge is -2.12. The van der Waals surface area contributed by atoms with Crippen LogP contribution in [0.25, 0.3) is 0 Å². The summed E-state index contributed by atoms with van der Waals surface area (Å²) >= 11 is 0. The molecule has 3 rings (SSSR count). The van der Waals surface area contributed by atoms with Crippen molar-refractivity contribution in [2.45, 2.75) is 26.7 Å². The maximum atomic E-state index is 12.4. The van der Waals surface area contributed by atoms with E-state index in [9.17, 15) is 14.4 Å². The van der Waals surface area contributed by atoms with E-state index in [0.29, 0.717) is 22.9 Å². The van der Waals surface area contributed by atoms with Gasteiger partial charge in [0, 0.05) is 6.42 Å². The Morgan fingerprint density at radius 3 is 2.39 bits per heavy atom. The highest BCUT2D eigenvalue weighted by Crippen LogP contribution is 2.24. The van der Waals surface area contributed by atoms with Crippen molar-refractivity contribution in [3.8, 4) is 0 Å². The zero-order valence-corrected chi connectivity index (χ0v) is 12.7. The first-order valence-electron chi connectivity index (χ1n) is 7.19. The fourth-order valence-electron chi connectivity index (χ4n) is 2.45. The minimum absolute atomic E-state index is 0.156. The van der Waals surface area contributed by atoms with Crippen LogP contribution in [0.1, 0.15) is 55.9 Å². The van der Waals surface area contributed by atoms with Crippen molar-refractivity contribution in [3.63, 3.8) is 0 Å². The van der Waals surface area contributed by atoms with E-state index in [4.69, 9.17) is 9.36 Å². The van der Waals surface area contributed by atoms with Crippen LogP contribution in [0.15, 0.2) is 28.8 Å². The molecule has 2 heterocycles. The van der Waals surface area contributed by atoms with E-state index in [1.807, 2.05) is 6.92 Å². The second-order valence-electron chi connectivity index (χ2n) is 5.15. The van der Waals surface area contributed by atoms with Crippen molar-refractivity contribution >= 4 is 17.8 Å². The van der Waals surface area contributed by atoms with Crippen LogP contribution in [0.5, 0.6) is 0 Å². The summed E-state index contributed by atoms with van der Waals surface area (Å²) < 4.78 is 5.10. The summed E-state index contributed by atoms with van der Waals surface area (Å²) in [6.07, 6.45) is 1.26. The van der Waals surface area contributed by atoms with Crippen molar-refractivity contribution in [2.75, 3.05) is 0 Å². The Labute approximate surface area is 131 Å². The largest absolute Gasteiger partial charge is 0.369 e. The van der Waals surface area contributed by atoms with E-state index < -0.39 is 17.8 Å². The average Bonchev–Trinajstić information content (AvgIpc) is 3.02. The predicted octanol–water partition coefficient (Wildman–Crippen LogP) is 2.30. The molecule has 1 aromatic carbocycles. The van der Waals surface area contributed by atoms with Crippen LogP contribution >= 0.6 is 0 Å². The van der Waals surface area contributed by atoms with Gasteiger partial charge in [-0.15, -0.1) is 0 Å². The number of rotatable bonds is 4. The second-order valence-corrected chi connectivity index (χ2v) is 5.15. The molecule has 1 aliphatic heterocycles. The van der Waals surface area contributed by atoms with E-state index in [1.54, 1.807) is 19.1 Å². The Hall–Kier alpha value is -2.96. The lowest BCUT2D eigenvalue weighted by Crippen LogP contribution is -2.33.